The fourth-order valence-corrected chi connectivity index (χ4v) is 2.27. The summed E-state index contributed by atoms with van der Waals surface area (Å²) in [6.45, 7) is 7.10. The number of aliphatic imine (C=N–C) groups is 1. The third kappa shape index (κ3) is 4.70. The Kier molecular flexibility index (Phi) is 5.99. The van der Waals surface area contributed by atoms with Crippen molar-refractivity contribution in [2.45, 2.75) is 27.2 Å². The molecule has 5 heteroatoms. The van der Waals surface area contributed by atoms with Crippen LogP contribution < -0.4 is 5.32 Å². The quantitative estimate of drug-likeness (QED) is 0.601. The number of rotatable bonds is 6. The van der Waals surface area contributed by atoms with E-state index in [0.717, 1.165) is 41.4 Å². The zero-order valence-electron chi connectivity index (χ0n) is 14.1. The van der Waals surface area contributed by atoms with Crippen LogP contribution >= 0.6 is 11.6 Å². The number of aryl methyl sites for hydroxylation is 1. The van der Waals surface area contributed by atoms with Gasteiger partial charge in [-0.25, -0.2) is 9.98 Å². The minimum absolute atomic E-state index is 0.649. The molecule has 0 bridgehead atoms. The fourth-order valence-electron chi connectivity index (χ4n) is 2.06. The van der Waals surface area contributed by atoms with Crippen LogP contribution in [-0.4, -0.2) is 29.8 Å². The van der Waals surface area contributed by atoms with E-state index >= 15 is 0 Å². The normalized spacial score (nSPS) is 11.0. The van der Waals surface area contributed by atoms with Gasteiger partial charge in [0, 0.05) is 30.0 Å². The van der Waals surface area contributed by atoms with Gasteiger partial charge in [0.2, 0.25) is 0 Å². The van der Waals surface area contributed by atoms with Crippen molar-refractivity contribution < 1.29 is 0 Å². The number of benzene rings is 1. The number of nitrogens with one attached hydrogen (secondary N) is 1. The number of pyridine rings is 1. The minimum Gasteiger partial charge on any atom is -0.366 e. The van der Waals surface area contributed by atoms with Gasteiger partial charge in [-0.1, -0.05) is 24.6 Å². The Labute approximate surface area is 143 Å². The summed E-state index contributed by atoms with van der Waals surface area (Å²) < 4.78 is 0. The Hall–Kier alpha value is -2.07. The van der Waals surface area contributed by atoms with E-state index in [1.54, 1.807) is 0 Å². The summed E-state index contributed by atoms with van der Waals surface area (Å²) in [6, 6.07) is 9.75. The van der Waals surface area contributed by atoms with Crippen LogP contribution in [0.5, 0.6) is 0 Å². The first kappa shape index (κ1) is 17.3. The summed E-state index contributed by atoms with van der Waals surface area (Å²) in [7, 11) is 1.99. The second-order valence-electron chi connectivity index (χ2n) is 5.41. The molecule has 1 heterocycles. The average Bonchev–Trinajstić information content (AvgIpc) is 2.56. The maximum Gasteiger partial charge on any atom is 0.130 e. The molecule has 0 aliphatic rings. The van der Waals surface area contributed by atoms with E-state index in [1.807, 2.05) is 55.5 Å². The predicted molar refractivity (Wildman–Crippen MR) is 99.5 cm³/mol. The zero-order valence-corrected chi connectivity index (χ0v) is 14.9. The molecule has 0 amide bonds. The van der Waals surface area contributed by atoms with Crippen LogP contribution in [0.15, 0.2) is 35.3 Å². The third-order valence-electron chi connectivity index (χ3n) is 3.67. The van der Waals surface area contributed by atoms with E-state index < -0.39 is 0 Å². The van der Waals surface area contributed by atoms with Crippen LogP contribution in [0.1, 0.15) is 25.1 Å². The summed E-state index contributed by atoms with van der Waals surface area (Å²) in [6.07, 6.45) is 2.72. The standard InChI is InChI=1S/C18H23ClN4/c1-5-15-8-7-9-18(21-15)22-17-11-14(19)10-16(13(17)3)20-12-23(4)6-2/h7-12H,5-6H2,1-4H3,(H,21,22). The molecule has 0 aliphatic carbocycles. The molecule has 0 unspecified atom stereocenters. The largest absolute Gasteiger partial charge is 0.366 e. The van der Waals surface area contributed by atoms with Crippen molar-refractivity contribution in [1.29, 1.82) is 0 Å². The number of aromatic nitrogens is 1. The molecule has 122 valence electrons. The molecular weight excluding hydrogens is 308 g/mol. The number of halogens is 1. The van der Waals surface area contributed by atoms with E-state index in [0.29, 0.717) is 5.02 Å². The van der Waals surface area contributed by atoms with E-state index in [-0.39, 0.29) is 0 Å². The van der Waals surface area contributed by atoms with Crippen LogP contribution in [-0.2, 0) is 6.42 Å². The Morgan fingerprint density at radius 1 is 1.30 bits per heavy atom. The molecule has 0 saturated carbocycles. The molecule has 0 atom stereocenters. The van der Waals surface area contributed by atoms with Crippen molar-refractivity contribution in [3.8, 4) is 0 Å². The van der Waals surface area contributed by atoms with Gasteiger partial charge in [0.05, 0.1) is 12.0 Å². The highest BCUT2D eigenvalue weighted by molar-refractivity contribution is 6.31. The predicted octanol–water partition coefficient (Wildman–Crippen LogP) is 4.96. The van der Waals surface area contributed by atoms with Crippen molar-refractivity contribution in [2.75, 3.05) is 18.9 Å². The van der Waals surface area contributed by atoms with Crippen molar-refractivity contribution in [3.05, 3.63) is 46.6 Å². The van der Waals surface area contributed by atoms with Crippen molar-refractivity contribution in [1.82, 2.24) is 9.88 Å². The summed E-state index contributed by atoms with van der Waals surface area (Å²) in [5.41, 5.74) is 3.87. The molecule has 0 aliphatic heterocycles. The van der Waals surface area contributed by atoms with Gasteiger partial charge in [0.15, 0.2) is 0 Å². The number of anilines is 2. The number of hydrogen-bond acceptors (Lipinski definition) is 3. The van der Waals surface area contributed by atoms with Gasteiger partial charge in [0.25, 0.3) is 0 Å². The average molecular weight is 331 g/mol. The molecule has 2 rings (SSSR count). The molecule has 0 fully saturated rings. The molecule has 4 nitrogen and oxygen atoms in total. The smallest absolute Gasteiger partial charge is 0.130 e. The lowest BCUT2D eigenvalue weighted by Gasteiger charge is -2.13. The van der Waals surface area contributed by atoms with Crippen LogP contribution in [0.2, 0.25) is 5.02 Å². The van der Waals surface area contributed by atoms with Crippen LogP contribution in [0.3, 0.4) is 0 Å². The van der Waals surface area contributed by atoms with E-state index in [2.05, 4.69) is 29.1 Å². The van der Waals surface area contributed by atoms with Crippen LogP contribution in [0.4, 0.5) is 17.2 Å². The van der Waals surface area contributed by atoms with Gasteiger partial charge in [-0.05, 0) is 50.1 Å². The Bertz CT molecular complexity index is 697. The zero-order chi connectivity index (χ0) is 16.8. The van der Waals surface area contributed by atoms with Gasteiger partial charge in [-0.3, -0.25) is 0 Å². The monoisotopic (exact) mass is 330 g/mol. The summed E-state index contributed by atoms with van der Waals surface area (Å²) in [4.78, 5) is 11.1. The molecule has 23 heavy (non-hydrogen) atoms. The molecule has 1 aromatic heterocycles. The Morgan fingerprint density at radius 2 is 2.09 bits per heavy atom. The Balaban J connectivity index is 2.31. The lowest BCUT2D eigenvalue weighted by Crippen LogP contribution is -2.14. The molecule has 1 aromatic carbocycles. The summed E-state index contributed by atoms with van der Waals surface area (Å²) in [5.74, 6) is 0.815. The highest BCUT2D eigenvalue weighted by Crippen LogP contribution is 2.32. The Morgan fingerprint density at radius 3 is 2.78 bits per heavy atom. The highest BCUT2D eigenvalue weighted by Gasteiger charge is 2.07. The van der Waals surface area contributed by atoms with E-state index in [9.17, 15) is 0 Å². The van der Waals surface area contributed by atoms with Gasteiger partial charge in [0.1, 0.15) is 5.82 Å². The molecule has 0 radical (unpaired) electrons. The van der Waals surface area contributed by atoms with E-state index in [1.165, 1.54) is 0 Å². The maximum absolute atomic E-state index is 6.25. The summed E-state index contributed by atoms with van der Waals surface area (Å²) >= 11 is 6.25. The van der Waals surface area contributed by atoms with Gasteiger partial charge in [-0.15, -0.1) is 0 Å². The molecule has 0 saturated heterocycles. The van der Waals surface area contributed by atoms with Crippen molar-refractivity contribution in [3.63, 3.8) is 0 Å². The topological polar surface area (TPSA) is 40.5 Å². The van der Waals surface area contributed by atoms with Crippen LogP contribution in [0.25, 0.3) is 0 Å². The highest BCUT2D eigenvalue weighted by atomic mass is 35.5. The second kappa shape index (κ2) is 7.97. The van der Waals surface area contributed by atoms with Crippen molar-refractivity contribution >= 4 is 35.1 Å². The lowest BCUT2D eigenvalue weighted by atomic mass is 10.1. The first-order valence-corrected chi connectivity index (χ1v) is 8.18. The minimum atomic E-state index is 0.649. The van der Waals surface area contributed by atoms with Crippen LogP contribution in [0, 0.1) is 6.92 Å². The maximum atomic E-state index is 6.25. The second-order valence-corrected chi connectivity index (χ2v) is 5.84. The van der Waals surface area contributed by atoms with Gasteiger partial charge < -0.3 is 10.2 Å². The number of nitrogens with zero attached hydrogens (tertiary/aromatic N) is 3. The SMILES string of the molecule is CCc1cccc(Nc2cc(Cl)cc(N=CN(C)CC)c2C)n1. The number of hydrogen-bond donors (Lipinski definition) is 1. The molecular formula is C18H23ClN4. The summed E-state index contributed by atoms with van der Waals surface area (Å²) in [5, 5.41) is 4.00. The van der Waals surface area contributed by atoms with Crippen molar-refractivity contribution in [2.24, 2.45) is 4.99 Å². The third-order valence-corrected chi connectivity index (χ3v) is 3.89. The van der Waals surface area contributed by atoms with E-state index in [4.69, 9.17) is 11.6 Å². The first-order chi connectivity index (χ1) is 11.0. The molecule has 1 N–H and O–H groups in total. The molecule has 2 aromatic rings. The van der Waals surface area contributed by atoms with Gasteiger partial charge in [-0.2, -0.15) is 0 Å². The lowest BCUT2D eigenvalue weighted by molar-refractivity contribution is 0.552. The fraction of sp³-hybridized carbons (Fsp3) is 0.333. The molecule has 0 spiro atoms. The van der Waals surface area contributed by atoms with Gasteiger partial charge >= 0.3 is 0 Å². The first-order valence-electron chi connectivity index (χ1n) is 7.81.